The third-order valence-corrected chi connectivity index (χ3v) is 3.50. The van der Waals surface area contributed by atoms with Crippen molar-refractivity contribution in [2.24, 2.45) is 0 Å². The maximum atomic E-state index is 5.96. The van der Waals surface area contributed by atoms with Gasteiger partial charge >= 0.3 is 0 Å². The fourth-order valence-corrected chi connectivity index (χ4v) is 1.86. The molecule has 1 aromatic carbocycles. The highest BCUT2D eigenvalue weighted by molar-refractivity contribution is 9.10. The van der Waals surface area contributed by atoms with Gasteiger partial charge in [-0.25, -0.2) is 4.98 Å². The number of anilines is 3. The summed E-state index contributed by atoms with van der Waals surface area (Å²) in [5.41, 5.74) is 9.83. The molecule has 4 heteroatoms. The number of aromatic nitrogens is 1. The Bertz CT molecular complexity index is 552. The Morgan fingerprint density at radius 1 is 1.18 bits per heavy atom. The molecule has 0 bridgehead atoms. The average Bonchev–Trinajstić information content (AvgIpc) is 2.30. The first-order valence-corrected chi connectivity index (χ1v) is 6.11. The second kappa shape index (κ2) is 4.75. The number of aryl methyl sites for hydroxylation is 2. The van der Waals surface area contributed by atoms with Crippen molar-refractivity contribution >= 4 is 33.1 Å². The van der Waals surface area contributed by atoms with Crippen LogP contribution in [0.2, 0.25) is 0 Å². The molecule has 0 aliphatic heterocycles. The number of nitrogens with two attached hydrogens (primary N) is 1. The topological polar surface area (TPSA) is 50.9 Å². The third kappa shape index (κ3) is 2.58. The number of halogens is 1. The van der Waals surface area contributed by atoms with Crippen molar-refractivity contribution in [2.75, 3.05) is 11.1 Å². The molecule has 88 valence electrons. The van der Waals surface area contributed by atoms with Crippen LogP contribution in [0, 0.1) is 13.8 Å². The Balaban J connectivity index is 2.31. The molecule has 0 aliphatic rings. The molecule has 3 nitrogen and oxygen atoms in total. The van der Waals surface area contributed by atoms with Gasteiger partial charge in [-0.3, -0.25) is 0 Å². The fourth-order valence-electron chi connectivity index (χ4n) is 1.48. The minimum absolute atomic E-state index is 0.684. The highest BCUT2D eigenvalue weighted by atomic mass is 79.9. The molecule has 0 fully saturated rings. The summed E-state index contributed by atoms with van der Waals surface area (Å²) in [4.78, 5) is 4.24. The fraction of sp³-hybridized carbons (Fsp3) is 0.154. The average molecular weight is 292 g/mol. The van der Waals surface area contributed by atoms with E-state index in [1.165, 1.54) is 5.56 Å². The summed E-state index contributed by atoms with van der Waals surface area (Å²) < 4.78 is 1.06. The van der Waals surface area contributed by atoms with E-state index in [1.54, 1.807) is 6.20 Å². The molecule has 1 heterocycles. The van der Waals surface area contributed by atoms with Crippen LogP contribution in [-0.4, -0.2) is 4.98 Å². The van der Waals surface area contributed by atoms with Crippen LogP contribution in [0.4, 0.5) is 17.2 Å². The van der Waals surface area contributed by atoms with Crippen LogP contribution in [0.1, 0.15) is 11.1 Å². The molecule has 0 aliphatic carbocycles. The number of pyridine rings is 1. The Labute approximate surface area is 109 Å². The number of hydrogen-bond donors (Lipinski definition) is 2. The lowest BCUT2D eigenvalue weighted by Crippen LogP contribution is -2.00. The molecule has 0 spiro atoms. The van der Waals surface area contributed by atoms with E-state index in [0.29, 0.717) is 11.5 Å². The second-order valence-electron chi connectivity index (χ2n) is 3.98. The lowest BCUT2D eigenvalue weighted by atomic mass is 10.2. The molecule has 2 aromatic rings. The van der Waals surface area contributed by atoms with E-state index in [4.69, 9.17) is 5.73 Å². The molecule has 17 heavy (non-hydrogen) atoms. The normalized spacial score (nSPS) is 10.3. The number of nitrogens with zero attached hydrogens (tertiary/aromatic N) is 1. The molecule has 3 N–H and O–H groups in total. The van der Waals surface area contributed by atoms with Crippen molar-refractivity contribution in [1.82, 2.24) is 4.98 Å². The van der Waals surface area contributed by atoms with Crippen molar-refractivity contribution in [3.8, 4) is 0 Å². The minimum atomic E-state index is 0.684. The van der Waals surface area contributed by atoms with Gasteiger partial charge in [0.25, 0.3) is 0 Å². The van der Waals surface area contributed by atoms with Gasteiger partial charge in [0.2, 0.25) is 0 Å². The zero-order chi connectivity index (χ0) is 12.4. The summed E-state index contributed by atoms with van der Waals surface area (Å²) in [5, 5.41) is 3.21. The number of hydrogen-bond acceptors (Lipinski definition) is 3. The van der Waals surface area contributed by atoms with Crippen LogP contribution in [-0.2, 0) is 0 Å². The van der Waals surface area contributed by atoms with E-state index in [-0.39, 0.29) is 0 Å². The Kier molecular flexibility index (Phi) is 3.33. The molecular formula is C13H14BrN3. The van der Waals surface area contributed by atoms with E-state index >= 15 is 0 Å². The molecule has 1 aromatic heterocycles. The third-order valence-electron chi connectivity index (χ3n) is 2.64. The maximum Gasteiger partial charge on any atom is 0.153 e. The number of rotatable bonds is 2. The summed E-state index contributed by atoms with van der Waals surface area (Å²) >= 11 is 3.50. The van der Waals surface area contributed by atoms with Crippen LogP contribution < -0.4 is 11.1 Å². The Morgan fingerprint density at radius 3 is 2.65 bits per heavy atom. The van der Waals surface area contributed by atoms with Crippen molar-refractivity contribution in [1.29, 1.82) is 0 Å². The predicted octanol–water partition coefficient (Wildman–Crippen LogP) is 3.79. The van der Waals surface area contributed by atoms with Crippen LogP contribution in [0.15, 0.2) is 34.9 Å². The number of nitrogens with one attached hydrogen (secondary N) is 1. The second-order valence-corrected chi connectivity index (χ2v) is 4.83. The Morgan fingerprint density at radius 2 is 1.94 bits per heavy atom. The smallest absolute Gasteiger partial charge is 0.153 e. The highest BCUT2D eigenvalue weighted by Gasteiger charge is 2.04. The van der Waals surface area contributed by atoms with Gasteiger partial charge in [0.15, 0.2) is 5.82 Å². The summed E-state index contributed by atoms with van der Waals surface area (Å²) in [5.74, 6) is 0.695. The van der Waals surface area contributed by atoms with Crippen molar-refractivity contribution in [2.45, 2.75) is 13.8 Å². The van der Waals surface area contributed by atoms with Crippen molar-refractivity contribution in [3.05, 3.63) is 46.1 Å². The molecule has 2 rings (SSSR count). The van der Waals surface area contributed by atoms with Crippen LogP contribution >= 0.6 is 15.9 Å². The first kappa shape index (κ1) is 11.9. The minimum Gasteiger partial charge on any atom is -0.396 e. The number of nitrogen functional groups attached to an aromatic ring is 1. The molecule has 0 radical (unpaired) electrons. The summed E-state index contributed by atoms with van der Waals surface area (Å²) in [6.45, 7) is 4.01. The summed E-state index contributed by atoms with van der Waals surface area (Å²) in [7, 11) is 0. The predicted molar refractivity (Wildman–Crippen MR) is 75.5 cm³/mol. The quantitative estimate of drug-likeness (QED) is 0.885. The van der Waals surface area contributed by atoms with Gasteiger partial charge in [-0.2, -0.15) is 0 Å². The molecule has 0 unspecified atom stereocenters. The van der Waals surface area contributed by atoms with Crippen molar-refractivity contribution < 1.29 is 0 Å². The zero-order valence-corrected chi connectivity index (χ0v) is 11.4. The largest absolute Gasteiger partial charge is 0.396 e. The van der Waals surface area contributed by atoms with Crippen LogP contribution in [0.3, 0.4) is 0 Å². The molecule has 0 saturated heterocycles. The highest BCUT2D eigenvalue weighted by Crippen LogP contribution is 2.26. The SMILES string of the molecule is Cc1ccc(Nc2nccc(C)c2N)cc1Br. The molecule has 0 amide bonds. The van der Waals surface area contributed by atoms with Gasteiger partial charge < -0.3 is 11.1 Å². The monoisotopic (exact) mass is 291 g/mol. The molecule has 0 atom stereocenters. The Hall–Kier alpha value is -1.55. The molecular weight excluding hydrogens is 278 g/mol. The lowest BCUT2D eigenvalue weighted by molar-refractivity contribution is 1.27. The van der Waals surface area contributed by atoms with E-state index in [9.17, 15) is 0 Å². The van der Waals surface area contributed by atoms with Crippen LogP contribution in [0.25, 0.3) is 0 Å². The van der Waals surface area contributed by atoms with Crippen molar-refractivity contribution in [3.63, 3.8) is 0 Å². The van der Waals surface area contributed by atoms with E-state index in [2.05, 4.69) is 26.2 Å². The molecule has 0 saturated carbocycles. The van der Waals surface area contributed by atoms with E-state index in [1.807, 2.05) is 38.1 Å². The summed E-state index contributed by atoms with van der Waals surface area (Å²) in [6, 6.07) is 7.95. The van der Waals surface area contributed by atoms with Gasteiger partial charge in [-0.05, 0) is 43.2 Å². The first-order chi connectivity index (χ1) is 8.08. The van der Waals surface area contributed by atoms with Gasteiger partial charge in [-0.1, -0.05) is 22.0 Å². The van der Waals surface area contributed by atoms with E-state index in [0.717, 1.165) is 15.7 Å². The van der Waals surface area contributed by atoms with Gasteiger partial charge in [-0.15, -0.1) is 0 Å². The van der Waals surface area contributed by atoms with Gasteiger partial charge in [0, 0.05) is 16.4 Å². The number of benzene rings is 1. The van der Waals surface area contributed by atoms with Gasteiger partial charge in [0.1, 0.15) is 0 Å². The van der Waals surface area contributed by atoms with Gasteiger partial charge in [0.05, 0.1) is 5.69 Å². The summed E-state index contributed by atoms with van der Waals surface area (Å²) in [6.07, 6.45) is 1.75. The van der Waals surface area contributed by atoms with Crippen LogP contribution in [0.5, 0.6) is 0 Å². The maximum absolute atomic E-state index is 5.96. The lowest BCUT2D eigenvalue weighted by Gasteiger charge is -2.10. The standard InChI is InChI=1S/C13H14BrN3/c1-8-3-4-10(7-11(8)14)17-13-12(15)9(2)5-6-16-13/h3-7H,15H2,1-2H3,(H,16,17). The van der Waals surface area contributed by atoms with E-state index < -0.39 is 0 Å². The zero-order valence-electron chi connectivity index (χ0n) is 9.79. The first-order valence-electron chi connectivity index (χ1n) is 5.32.